The molecular formula is C23H28ClFN2O2S. The lowest BCUT2D eigenvalue weighted by atomic mass is 10.1. The van der Waals surface area contributed by atoms with Gasteiger partial charge in [-0.05, 0) is 50.6 Å². The molecule has 0 unspecified atom stereocenters. The molecular weight excluding hydrogens is 423 g/mol. The predicted octanol–water partition coefficient (Wildman–Crippen LogP) is 5.29. The molecule has 0 saturated carbocycles. The molecule has 4 nitrogen and oxygen atoms in total. The van der Waals surface area contributed by atoms with Gasteiger partial charge in [0.25, 0.3) is 0 Å². The Hall–Kier alpha value is -2.05. The van der Waals surface area contributed by atoms with Crippen molar-refractivity contribution >= 4 is 35.2 Å². The zero-order valence-electron chi connectivity index (χ0n) is 17.5. The minimum atomic E-state index is -0.702. The Bertz CT molecular complexity index is 847. The van der Waals surface area contributed by atoms with Crippen LogP contribution >= 0.6 is 23.4 Å². The van der Waals surface area contributed by atoms with E-state index in [1.54, 1.807) is 37.3 Å². The van der Waals surface area contributed by atoms with Crippen molar-refractivity contribution in [1.29, 1.82) is 0 Å². The van der Waals surface area contributed by atoms with Gasteiger partial charge in [-0.2, -0.15) is 0 Å². The standard InChI is InChI=1S/C23H28ClFN2O2S/c1-4-16(2)26-23(29)17(3)27(15-18-7-5-6-8-21(18)25)22(28)13-14-30-20-11-9-19(24)10-12-20/h5-12,16-17H,4,13-15H2,1-3H3,(H,26,29)/t16-,17-/m0/s1. The van der Waals surface area contributed by atoms with Crippen molar-refractivity contribution < 1.29 is 14.0 Å². The van der Waals surface area contributed by atoms with Crippen LogP contribution in [0.3, 0.4) is 0 Å². The van der Waals surface area contributed by atoms with Crippen LogP contribution in [-0.2, 0) is 16.1 Å². The molecule has 0 aliphatic carbocycles. The Labute approximate surface area is 187 Å². The van der Waals surface area contributed by atoms with Crippen LogP contribution in [0.4, 0.5) is 4.39 Å². The Morgan fingerprint density at radius 3 is 2.43 bits per heavy atom. The van der Waals surface area contributed by atoms with E-state index in [0.29, 0.717) is 16.3 Å². The van der Waals surface area contributed by atoms with Gasteiger partial charge in [0.1, 0.15) is 11.9 Å². The van der Waals surface area contributed by atoms with Gasteiger partial charge >= 0.3 is 0 Å². The first-order valence-corrected chi connectivity index (χ1v) is 11.4. The summed E-state index contributed by atoms with van der Waals surface area (Å²) in [6.07, 6.45) is 1.03. The molecule has 0 aliphatic heterocycles. The quantitative estimate of drug-likeness (QED) is 0.500. The maximum Gasteiger partial charge on any atom is 0.242 e. The van der Waals surface area contributed by atoms with Crippen LogP contribution in [0.2, 0.25) is 5.02 Å². The van der Waals surface area contributed by atoms with Gasteiger partial charge in [0.05, 0.1) is 0 Å². The molecule has 2 atom stereocenters. The first kappa shape index (κ1) is 24.2. The third kappa shape index (κ3) is 7.33. The summed E-state index contributed by atoms with van der Waals surface area (Å²) in [6.45, 7) is 5.62. The summed E-state index contributed by atoms with van der Waals surface area (Å²) in [4.78, 5) is 28.1. The van der Waals surface area contributed by atoms with E-state index in [1.165, 1.54) is 22.7 Å². The van der Waals surface area contributed by atoms with E-state index in [4.69, 9.17) is 11.6 Å². The van der Waals surface area contributed by atoms with E-state index in [-0.39, 0.29) is 36.6 Å². The van der Waals surface area contributed by atoms with E-state index in [1.807, 2.05) is 26.0 Å². The van der Waals surface area contributed by atoms with Crippen molar-refractivity contribution in [3.8, 4) is 0 Å². The third-order valence-corrected chi connectivity index (χ3v) is 6.13. The molecule has 2 aromatic carbocycles. The number of rotatable bonds is 10. The van der Waals surface area contributed by atoms with Crippen LogP contribution in [0.15, 0.2) is 53.4 Å². The fourth-order valence-electron chi connectivity index (χ4n) is 2.79. The van der Waals surface area contributed by atoms with Crippen LogP contribution < -0.4 is 5.32 Å². The molecule has 0 bridgehead atoms. The fraction of sp³-hybridized carbons (Fsp3) is 0.391. The van der Waals surface area contributed by atoms with Crippen LogP contribution in [0, 0.1) is 5.82 Å². The second-order valence-electron chi connectivity index (χ2n) is 7.16. The molecule has 0 heterocycles. The largest absolute Gasteiger partial charge is 0.352 e. The predicted molar refractivity (Wildman–Crippen MR) is 121 cm³/mol. The zero-order valence-corrected chi connectivity index (χ0v) is 19.1. The van der Waals surface area contributed by atoms with E-state index < -0.39 is 6.04 Å². The zero-order chi connectivity index (χ0) is 22.1. The average Bonchev–Trinajstić information content (AvgIpc) is 2.73. The van der Waals surface area contributed by atoms with Gasteiger partial charge in [0.2, 0.25) is 11.8 Å². The van der Waals surface area contributed by atoms with Gasteiger partial charge in [0.15, 0.2) is 0 Å². The van der Waals surface area contributed by atoms with Gasteiger partial charge in [-0.25, -0.2) is 4.39 Å². The molecule has 0 radical (unpaired) electrons. The number of carbonyl (C=O) groups excluding carboxylic acids is 2. The highest BCUT2D eigenvalue weighted by Crippen LogP contribution is 2.22. The molecule has 0 saturated heterocycles. The maximum absolute atomic E-state index is 14.2. The summed E-state index contributed by atoms with van der Waals surface area (Å²) >= 11 is 7.44. The van der Waals surface area contributed by atoms with Crippen molar-refractivity contribution in [2.24, 2.45) is 0 Å². The molecule has 30 heavy (non-hydrogen) atoms. The summed E-state index contributed by atoms with van der Waals surface area (Å²) < 4.78 is 14.2. The highest BCUT2D eigenvalue weighted by Gasteiger charge is 2.27. The molecule has 2 rings (SSSR count). The topological polar surface area (TPSA) is 49.4 Å². The first-order valence-electron chi connectivity index (χ1n) is 10.0. The van der Waals surface area contributed by atoms with Gasteiger partial charge in [-0.1, -0.05) is 36.7 Å². The van der Waals surface area contributed by atoms with Crippen LogP contribution in [-0.4, -0.2) is 34.6 Å². The van der Waals surface area contributed by atoms with E-state index in [2.05, 4.69) is 5.32 Å². The van der Waals surface area contributed by atoms with Crippen LogP contribution in [0.1, 0.15) is 39.2 Å². The van der Waals surface area contributed by atoms with Crippen molar-refractivity contribution in [3.05, 3.63) is 64.9 Å². The van der Waals surface area contributed by atoms with Gasteiger partial charge < -0.3 is 10.2 Å². The summed E-state index contributed by atoms with van der Waals surface area (Å²) in [5.41, 5.74) is 0.388. The Morgan fingerprint density at radius 1 is 1.13 bits per heavy atom. The summed E-state index contributed by atoms with van der Waals surface area (Å²) in [5, 5.41) is 3.57. The molecule has 7 heteroatoms. The lowest BCUT2D eigenvalue weighted by molar-refractivity contribution is -0.140. The number of halogens is 2. The minimum absolute atomic E-state index is 0.00539. The van der Waals surface area contributed by atoms with Gasteiger partial charge in [0, 0.05) is 40.2 Å². The Kier molecular flexibility index (Phi) is 9.66. The normalized spacial score (nSPS) is 12.8. The second-order valence-corrected chi connectivity index (χ2v) is 8.76. The Morgan fingerprint density at radius 2 is 1.80 bits per heavy atom. The monoisotopic (exact) mass is 450 g/mol. The van der Waals surface area contributed by atoms with Gasteiger partial charge in [-0.3, -0.25) is 9.59 Å². The number of carbonyl (C=O) groups is 2. The molecule has 1 N–H and O–H groups in total. The molecule has 2 amide bonds. The molecule has 2 aromatic rings. The molecule has 0 spiro atoms. The van der Waals surface area contributed by atoms with E-state index >= 15 is 0 Å². The number of benzene rings is 2. The van der Waals surface area contributed by atoms with Crippen LogP contribution in [0.5, 0.6) is 0 Å². The number of thioether (sulfide) groups is 1. The summed E-state index contributed by atoms with van der Waals surface area (Å²) in [5.74, 6) is -0.264. The SMILES string of the molecule is CC[C@H](C)NC(=O)[C@H](C)N(Cc1ccccc1F)C(=O)CCSc1ccc(Cl)cc1. The first-order chi connectivity index (χ1) is 14.3. The molecule has 0 aromatic heterocycles. The highest BCUT2D eigenvalue weighted by atomic mass is 35.5. The Balaban J connectivity index is 2.08. The number of nitrogens with one attached hydrogen (secondary N) is 1. The molecule has 0 aliphatic rings. The number of amides is 2. The van der Waals surface area contributed by atoms with Gasteiger partial charge in [-0.15, -0.1) is 11.8 Å². The van der Waals surface area contributed by atoms with Crippen molar-refractivity contribution in [1.82, 2.24) is 10.2 Å². The maximum atomic E-state index is 14.2. The minimum Gasteiger partial charge on any atom is -0.352 e. The highest BCUT2D eigenvalue weighted by molar-refractivity contribution is 7.99. The molecule has 0 fully saturated rings. The van der Waals surface area contributed by atoms with Crippen molar-refractivity contribution in [2.75, 3.05) is 5.75 Å². The third-order valence-electron chi connectivity index (χ3n) is 4.87. The second kappa shape index (κ2) is 12.0. The number of hydrogen-bond donors (Lipinski definition) is 1. The average molecular weight is 451 g/mol. The summed E-state index contributed by atoms with van der Waals surface area (Å²) in [7, 11) is 0. The number of nitrogens with zero attached hydrogens (tertiary/aromatic N) is 1. The van der Waals surface area contributed by atoms with Crippen molar-refractivity contribution in [2.45, 2.75) is 57.1 Å². The lowest BCUT2D eigenvalue weighted by Gasteiger charge is -2.30. The number of hydrogen-bond acceptors (Lipinski definition) is 3. The fourth-order valence-corrected chi connectivity index (χ4v) is 3.76. The smallest absolute Gasteiger partial charge is 0.242 e. The lowest BCUT2D eigenvalue weighted by Crippen LogP contribution is -2.49. The van der Waals surface area contributed by atoms with E-state index in [9.17, 15) is 14.0 Å². The molecule has 162 valence electrons. The van der Waals surface area contributed by atoms with Crippen molar-refractivity contribution in [3.63, 3.8) is 0 Å². The summed E-state index contributed by atoms with van der Waals surface area (Å²) in [6, 6.07) is 13.0. The van der Waals surface area contributed by atoms with Crippen LogP contribution in [0.25, 0.3) is 0 Å². The van der Waals surface area contributed by atoms with E-state index in [0.717, 1.165) is 11.3 Å².